The van der Waals surface area contributed by atoms with Crippen LogP contribution in [0.3, 0.4) is 0 Å². The summed E-state index contributed by atoms with van der Waals surface area (Å²) < 4.78 is 9.98. The predicted molar refractivity (Wildman–Crippen MR) is 94.0 cm³/mol. The van der Waals surface area contributed by atoms with Gasteiger partial charge >= 0.3 is 5.97 Å². The van der Waals surface area contributed by atoms with Crippen LogP contribution in [0.2, 0.25) is 0 Å². The van der Waals surface area contributed by atoms with Gasteiger partial charge in [0.05, 0.1) is 18.6 Å². The van der Waals surface area contributed by atoms with E-state index in [1.54, 1.807) is 47.6 Å². The summed E-state index contributed by atoms with van der Waals surface area (Å²) in [5.41, 5.74) is 1.71. The molecule has 0 spiro atoms. The number of methoxy groups -OCH3 is 1. The molecule has 3 heterocycles. The maximum atomic E-state index is 12.5. The Morgan fingerprint density at radius 2 is 1.89 bits per heavy atom. The van der Waals surface area contributed by atoms with E-state index in [1.165, 1.54) is 7.11 Å². The Kier molecular flexibility index (Phi) is 4.37. The molecule has 1 aliphatic heterocycles. The molecule has 2 aromatic heterocycles. The molecule has 0 N–H and O–H groups in total. The molecule has 0 atom stereocenters. The molecule has 1 aromatic carbocycles. The van der Waals surface area contributed by atoms with Crippen LogP contribution < -0.4 is 0 Å². The zero-order valence-electron chi connectivity index (χ0n) is 14.5. The molecule has 1 fully saturated rings. The highest BCUT2D eigenvalue weighted by Crippen LogP contribution is 2.28. The first-order chi connectivity index (χ1) is 13.2. The second kappa shape index (κ2) is 6.99. The molecule has 8 heteroatoms. The van der Waals surface area contributed by atoms with Crippen LogP contribution in [0.5, 0.6) is 0 Å². The lowest BCUT2D eigenvalue weighted by atomic mass is 9.98. The van der Waals surface area contributed by atoms with Gasteiger partial charge in [0.25, 0.3) is 5.91 Å². The molecule has 4 rings (SSSR count). The van der Waals surface area contributed by atoms with Gasteiger partial charge in [0, 0.05) is 36.6 Å². The highest BCUT2D eigenvalue weighted by molar-refractivity contribution is 5.96. The van der Waals surface area contributed by atoms with Gasteiger partial charge in [-0.2, -0.15) is 4.98 Å². The standard InChI is InChI=1S/C19H16N4O4/c1-26-19(25)13-6-4-12(5-7-13)18(24)23-10-15(11-23)17-21-16(22-27-17)14-3-2-8-20-9-14/h2-9,15H,10-11H2,1H3. The van der Waals surface area contributed by atoms with Crippen molar-refractivity contribution in [1.82, 2.24) is 20.0 Å². The van der Waals surface area contributed by atoms with Crippen LogP contribution in [0.25, 0.3) is 11.4 Å². The van der Waals surface area contributed by atoms with Crippen molar-refractivity contribution in [2.24, 2.45) is 0 Å². The fourth-order valence-electron chi connectivity index (χ4n) is 2.86. The van der Waals surface area contributed by atoms with E-state index in [-0.39, 0.29) is 11.8 Å². The number of carbonyl (C=O) groups is 2. The topological polar surface area (TPSA) is 98.4 Å². The first-order valence-corrected chi connectivity index (χ1v) is 8.37. The van der Waals surface area contributed by atoms with E-state index in [9.17, 15) is 9.59 Å². The van der Waals surface area contributed by atoms with Crippen molar-refractivity contribution in [3.05, 3.63) is 65.8 Å². The van der Waals surface area contributed by atoms with E-state index in [4.69, 9.17) is 4.52 Å². The van der Waals surface area contributed by atoms with Crippen molar-refractivity contribution in [2.45, 2.75) is 5.92 Å². The number of benzene rings is 1. The maximum absolute atomic E-state index is 12.5. The summed E-state index contributed by atoms with van der Waals surface area (Å²) in [7, 11) is 1.32. The summed E-state index contributed by atoms with van der Waals surface area (Å²) in [6.45, 7) is 1.01. The third-order valence-corrected chi connectivity index (χ3v) is 4.43. The minimum Gasteiger partial charge on any atom is -0.465 e. The molecule has 27 heavy (non-hydrogen) atoms. The third-order valence-electron chi connectivity index (χ3n) is 4.43. The number of amides is 1. The smallest absolute Gasteiger partial charge is 0.337 e. The third kappa shape index (κ3) is 3.29. The molecule has 1 amide bonds. The minimum absolute atomic E-state index is 0.0150. The van der Waals surface area contributed by atoms with Gasteiger partial charge in [0.2, 0.25) is 11.7 Å². The lowest BCUT2D eigenvalue weighted by molar-refractivity contribution is 0.0564. The van der Waals surface area contributed by atoms with Crippen molar-refractivity contribution in [3.8, 4) is 11.4 Å². The Hall–Kier alpha value is -3.55. The number of ether oxygens (including phenoxy) is 1. The SMILES string of the molecule is COC(=O)c1ccc(C(=O)N2CC(c3nc(-c4cccnc4)no3)C2)cc1. The average molecular weight is 364 g/mol. The van der Waals surface area contributed by atoms with Gasteiger partial charge in [-0.15, -0.1) is 0 Å². The largest absolute Gasteiger partial charge is 0.465 e. The van der Waals surface area contributed by atoms with Crippen LogP contribution in [0.15, 0.2) is 53.3 Å². The van der Waals surface area contributed by atoms with Gasteiger partial charge in [-0.3, -0.25) is 9.78 Å². The summed E-state index contributed by atoms with van der Waals surface area (Å²) in [5, 5.41) is 3.98. The summed E-state index contributed by atoms with van der Waals surface area (Å²) in [4.78, 5) is 34.1. The number of pyridine rings is 1. The van der Waals surface area contributed by atoms with Crippen molar-refractivity contribution in [1.29, 1.82) is 0 Å². The summed E-state index contributed by atoms with van der Waals surface area (Å²) in [6.07, 6.45) is 3.35. The van der Waals surface area contributed by atoms with E-state index in [1.807, 2.05) is 6.07 Å². The first-order valence-electron chi connectivity index (χ1n) is 8.37. The summed E-state index contributed by atoms with van der Waals surface area (Å²) in [6, 6.07) is 10.1. The van der Waals surface area contributed by atoms with Gasteiger partial charge in [0.1, 0.15) is 0 Å². The number of nitrogens with zero attached hydrogens (tertiary/aromatic N) is 4. The van der Waals surface area contributed by atoms with Gasteiger partial charge in [0.15, 0.2) is 0 Å². The molecular weight excluding hydrogens is 348 g/mol. The van der Waals surface area contributed by atoms with Crippen LogP contribution in [-0.4, -0.2) is 52.1 Å². The zero-order chi connectivity index (χ0) is 18.8. The number of carbonyl (C=O) groups excluding carboxylic acids is 2. The fourth-order valence-corrected chi connectivity index (χ4v) is 2.86. The fraction of sp³-hybridized carbons (Fsp3) is 0.211. The number of hydrogen-bond acceptors (Lipinski definition) is 7. The normalized spacial score (nSPS) is 13.9. The van der Waals surface area contributed by atoms with E-state index >= 15 is 0 Å². The zero-order valence-corrected chi connectivity index (χ0v) is 14.5. The van der Waals surface area contributed by atoms with E-state index in [0.717, 1.165) is 5.56 Å². The lowest BCUT2D eigenvalue weighted by Gasteiger charge is -2.37. The molecule has 8 nitrogen and oxygen atoms in total. The number of aromatic nitrogens is 3. The predicted octanol–water partition coefficient (Wildman–Crippen LogP) is 2.16. The second-order valence-corrected chi connectivity index (χ2v) is 6.17. The van der Waals surface area contributed by atoms with Crippen molar-refractivity contribution in [3.63, 3.8) is 0 Å². The second-order valence-electron chi connectivity index (χ2n) is 6.17. The highest BCUT2D eigenvalue weighted by Gasteiger charge is 2.36. The quantitative estimate of drug-likeness (QED) is 0.654. The number of esters is 1. The Labute approximate surface area is 154 Å². The average Bonchev–Trinajstić information content (AvgIpc) is 3.16. The van der Waals surface area contributed by atoms with Crippen LogP contribution in [-0.2, 0) is 4.74 Å². The lowest BCUT2D eigenvalue weighted by Crippen LogP contribution is -2.48. The number of likely N-dealkylation sites (tertiary alicyclic amines) is 1. The highest BCUT2D eigenvalue weighted by atomic mass is 16.5. The van der Waals surface area contributed by atoms with Crippen molar-refractivity contribution >= 4 is 11.9 Å². The maximum Gasteiger partial charge on any atom is 0.337 e. The number of hydrogen-bond donors (Lipinski definition) is 0. The van der Waals surface area contributed by atoms with Crippen molar-refractivity contribution in [2.75, 3.05) is 20.2 Å². The summed E-state index contributed by atoms with van der Waals surface area (Å²) >= 11 is 0. The summed E-state index contributed by atoms with van der Waals surface area (Å²) in [5.74, 6) is 0.481. The first kappa shape index (κ1) is 16.9. The Morgan fingerprint density at radius 1 is 1.15 bits per heavy atom. The number of rotatable bonds is 4. The molecular formula is C19H16N4O4. The van der Waals surface area contributed by atoms with Crippen LogP contribution in [0, 0.1) is 0 Å². The monoisotopic (exact) mass is 364 g/mol. The molecule has 0 bridgehead atoms. The van der Waals surface area contributed by atoms with E-state index < -0.39 is 5.97 Å². The molecule has 0 unspecified atom stereocenters. The molecule has 136 valence electrons. The van der Waals surface area contributed by atoms with Gasteiger partial charge in [-0.05, 0) is 36.4 Å². The van der Waals surface area contributed by atoms with E-state index in [0.29, 0.717) is 35.9 Å². The molecule has 3 aromatic rings. The Bertz CT molecular complexity index is 963. The molecule has 1 aliphatic rings. The molecule has 0 aliphatic carbocycles. The van der Waals surface area contributed by atoms with Crippen LogP contribution in [0.1, 0.15) is 32.5 Å². The Morgan fingerprint density at radius 3 is 2.56 bits per heavy atom. The van der Waals surface area contributed by atoms with Gasteiger partial charge in [-0.25, -0.2) is 4.79 Å². The molecule has 1 saturated heterocycles. The van der Waals surface area contributed by atoms with Crippen molar-refractivity contribution < 1.29 is 18.8 Å². The minimum atomic E-state index is -0.432. The Balaban J connectivity index is 1.39. The van der Waals surface area contributed by atoms with E-state index in [2.05, 4.69) is 19.9 Å². The van der Waals surface area contributed by atoms with Gasteiger partial charge < -0.3 is 14.2 Å². The van der Waals surface area contributed by atoms with Crippen LogP contribution in [0.4, 0.5) is 0 Å². The molecule has 0 radical (unpaired) electrons. The van der Waals surface area contributed by atoms with Crippen LogP contribution >= 0.6 is 0 Å². The van der Waals surface area contributed by atoms with Gasteiger partial charge in [-0.1, -0.05) is 5.16 Å². The molecule has 0 saturated carbocycles.